The minimum absolute atomic E-state index is 0.0450. The number of amides is 1. The van der Waals surface area contributed by atoms with Gasteiger partial charge in [-0.15, -0.1) is 11.8 Å². The largest absolute Gasteiger partial charge is 0.351 e. The molecule has 1 heterocycles. The fourth-order valence-corrected chi connectivity index (χ4v) is 2.35. The topological polar surface area (TPSA) is 70.4 Å². The average Bonchev–Trinajstić information content (AvgIpc) is 2.52. The summed E-state index contributed by atoms with van der Waals surface area (Å²) in [6.07, 6.45) is 1.63. The van der Waals surface area contributed by atoms with Gasteiger partial charge in [0.05, 0.1) is 11.7 Å². The van der Waals surface area contributed by atoms with Crippen molar-refractivity contribution in [2.45, 2.75) is 19.9 Å². The smallest absolute Gasteiger partial charge is 0.246 e. The van der Waals surface area contributed by atoms with E-state index in [0.717, 1.165) is 17.3 Å². The van der Waals surface area contributed by atoms with Gasteiger partial charge >= 0.3 is 0 Å². The summed E-state index contributed by atoms with van der Waals surface area (Å²) in [6.45, 7) is 5.39. The molecule has 6 heteroatoms. The van der Waals surface area contributed by atoms with Crippen molar-refractivity contribution in [3.05, 3.63) is 11.1 Å². The highest BCUT2D eigenvalue weighted by Crippen LogP contribution is 2.26. The molecule has 15 heavy (non-hydrogen) atoms. The lowest BCUT2D eigenvalue weighted by atomic mass is 10.4. The van der Waals surface area contributed by atoms with Gasteiger partial charge in [0.15, 0.2) is 0 Å². The van der Waals surface area contributed by atoms with Gasteiger partial charge in [-0.05, 0) is 13.8 Å². The van der Waals surface area contributed by atoms with Gasteiger partial charge in [0.25, 0.3) is 0 Å². The Morgan fingerprint density at radius 3 is 3.07 bits per heavy atom. The van der Waals surface area contributed by atoms with Gasteiger partial charge in [-0.2, -0.15) is 0 Å². The molecule has 86 valence electrons. The molecule has 0 aromatic rings. The monoisotopic (exact) mass is 230 g/mol. The van der Waals surface area contributed by atoms with Crippen LogP contribution in [0.2, 0.25) is 0 Å². The zero-order valence-corrected chi connectivity index (χ0v) is 9.93. The highest BCUT2D eigenvalue weighted by Gasteiger charge is 2.17. The SMILES string of the molecule is CC(C)NC(=O)/C=C1\SCCN1CNN. The van der Waals surface area contributed by atoms with E-state index in [1.807, 2.05) is 18.7 Å². The maximum Gasteiger partial charge on any atom is 0.246 e. The van der Waals surface area contributed by atoms with E-state index < -0.39 is 0 Å². The lowest BCUT2D eigenvalue weighted by molar-refractivity contribution is -0.117. The lowest BCUT2D eigenvalue weighted by Crippen LogP contribution is -2.36. The van der Waals surface area contributed by atoms with Gasteiger partial charge < -0.3 is 10.2 Å². The molecule has 0 aromatic heterocycles. The Morgan fingerprint density at radius 2 is 2.47 bits per heavy atom. The molecule has 0 atom stereocenters. The third-order valence-electron chi connectivity index (χ3n) is 1.89. The summed E-state index contributed by atoms with van der Waals surface area (Å²) in [5.74, 6) is 6.21. The Kier molecular flexibility index (Phi) is 4.93. The van der Waals surface area contributed by atoms with Crippen molar-refractivity contribution in [2.75, 3.05) is 19.0 Å². The van der Waals surface area contributed by atoms with E-state index in [1.165, 1.54) is 0 Å². The molecular formula is C9H18N4OS. The van der Waals surface area contributed by atoms with E-state index in [9.17, 15) is 4.79 Å². The first-order chi connectivity index (χ1) is 7.13. The second-order valence-electron chi connectivity index (χ2n) is 3.62. The maximum atomic E-state index is 11.5. The van der Waals surface area contributed by atoms with E-state index in [1.54, 1.807) is 17.8 Å². The van der Waals surface area contributed by atoms with Crippen LogP contribution in [0.3, 0.4) is 0 Å². The van der Waals surface area contributed by atoms with Crippen LogP contribution in [0.25, 0.3) is 0 Å². The molecule has 0 aliphatic carbocycles. The summed E-state index contributed by atoms with van der Waals surface area (Å²) in [4.78, 5) is 13.5. The normalized spacial score (nSPS) is 18.9. The van der Waals surface area contributed by atoms with Crippen molar-refractivity contribution < 1.29 is 4.79 Å². The van der Waals surface area contributed by atoms with E-state index in [-0.39, 0.29) is 11.9 Å². The molecule has 0 unspecified atom stereocenters. The first kappa shape index (κ1) is 12.4. The second-order valence-corrected chi connectivity index (χ2v) is 4.74. The van der Waals surface area contributed by atoms with Crippen LogP contribution in [0, 0.1) is 0 Å². The Hall–Kier alpha value is -0.720. The molecule has 1 fully saturated rings. The third-order valence-corrected chi connectivity index (χ3v) is 2.95. The Labute approximate surface area is 94.4 Å². The van der Waals surface area contributed by atoms with E-state index in [4.69, 9.17) is 5.84 Å². The predicted octanol–water partition coefficient (Wildman–Crippen LogP) is -0.178. The van der Waals surface area contributed by atoms with Crippen molar-refractivity contribution in [1.29, 1.82) is 0 Å². The molecule has 1 saturated heterocycles. The molecular weight excluding hydrogens is 212 g/mol. The number of carbonyl (C=O) groups is 1. The number of nitrogens with zero attached hydrogens (tertiary/aromatic N) is 1. The highest BCUT2D eigenvalue weighted by molar-refractivity contribution is 8.03. The Morgan fingerprint density at radius 1 is 1.73 bits per heavy atom. The number of nitrogens with one attached hydrogen (secondary N) is 2. The molecule has 4 N–H and O–H groups in total. The van der Waals surface area contributed by atoms with Crippen LogP contribution in [-0.2, 0) is 4.79 Å². The summed E-state index contributed by atoms with van der Waals surface area (Å²) < 4.78 is 0. The fourth-order valence-electron chi connectivity index (χ4n) is 1.30. The van der Waals surface area contributed by atoms with E-state index in [0.29, 0.717) is 6.67 Å². The lowest BCUT2D eigenvalue weighted by Gasteiger charge is -2.17. The van der Waals surface area contributed by atoms with Crippen LogP contribution in [-0.4, -0.2) is 35.8 Å². The average molecular weight is 230 g/mol. The van der Waals surface area contributed by atoms with Crippen molar-refractivity contribution in [1.82, 2.24) is 15.6 Å². The minimum atomic E-state index is -0.0450. The Bertz CT molecular complexity index is 254. The van der Waals surface area contributed by atoms with Crippen molar-refractivity contribution >= 4 is 17.7 Å². The number of rotatable bonds is 4. The summed E-state index contributed by atoms with van der Waals surface area (Å²) in [5.41, 5.74) is 2.59. The third kappa shape index (κ3) is 4.11. The van der Waals surface area contributed by atoms with Gasteiger partial charge in [-0.3, -0.25) is 10.6 Å². The number of thioether (sulfide) groups is 1. The highest BCUT2D eigenvalue weighted by atomic mass is 32.2. The van der Waals surface area contributed by atoms with Crippen molar-refractivity contribution in [2.24, 2.45) is 5.84 Å². The zero-order valence-electron chi connectivity index (χ0n) is 9.12. The van der Waals surface area contributed by atoms with Gasteiger partial charge in [-0.25, -0.2) is 5.43 Å². The molecule has 1 aliphatic heterocycles. The van der Waals surface area contributed by atoms with Gasteiger partial charge in [0.2, 0.25) is 5.91 Å². The van der Waals surface area contributed by atoms with E-state index >= 15 is 0 Å². The van der Waals surface area contributed by atoms with Crippen molar-refractivity contribution in [3.8, 4) is 0 Å². The fraction of sp³-hybridized carbons (Fsp3) is 0.667. The van der Waals surface area contributed by atoms with Crippen molar-refractivity contribution in [3.63, 3.8) is 0 Å². The number of hydrazine groups is 1. The van der Waals surface area contributed by atoms with Gasteiger partial charge in [0.1, 0.15) is 0 Å². The summed E-state index contributed by atoms with van der Waals surface area (Å²) in [7, 11) is 0. The van der Waals surface area contributed by atoms with Crippen LogP contribution in [0.15, 0.2) is 11.1 Å². The first-order valence-corrected chi connectivity index (χ1v) is 5.95. The number of nitrogens with two attached hydrogens (primary N) is 1. The van der Waals surface area contributed by atoms with Crippen LogP contribution in [0.5, 0.6) is 0 Å². The number of hydrogen-bond acceptors (Lipinski definition) is 5. The second kappa shape index (κ2) is 5.99. The molecule has 0 bridgehead atoms. The quantitative estimate of drug-likeness (QED) is 0.355. The Balaban J connectivity index is 2.53. The zero-order chi connectivity index (χ0) is 11.3. The summed E-state index contributed by atoms with van der Waals surface area (Å²) >= 11 is 1.68. The molecule has 0 spiro atoms. The van der Waals surface area contributed by atoms with E-state index in [2.05, 4.69) is 10.7 Å². The van der Waals surface area contributed by atoms with Crippen LogP contribution in [0.1, 0.15) is 13.8 Å². The maximum absolute atomic E-state index is 11.5. The molecule has 1 aliphatic rings. The van der Waals surface area contributed by atoms with Gasteiger partial charge in [0, 0.05) is 24.4 Å². The first-order valence-electron chi connectivity index (χ1n) is 4.97. The van der Waals surface area contributed by atoms with Gasteiger partial charge in [-0.1, -0.05) is 0 Å². The van der Waals surface area contributed by atoms with Crippen LogP contribution < -0.4 is 16.6 Å². The molecule has 1 rings (SSSR count). The molecule has 1 amide bonds. The molecule has 0 radical (unpaired) electrons. The number of hydrogen-bond donors (Lipinski definition) is 3. The number of carbonyl (C=O) groups excluding carboxylic acids is 1. The summed E-state index contributed by atoms with van der Waals surface area (Å²) in [5, 5.41) is 3.80. The molecule has 0 aromatic carbocycles. The molecule has 0 saturated carbocycles. The minimum Gasteiger partial charge on any atom is -0.351 e. The molecule has 5 nitrogen and oxygen atoms in total. The predicted molar refractivity (Wildman–Crippen MR) is 62.7 cm³/mol. The standard InChI is InChI=1S/C9H18N4OS/c1-7(2)12-8(14)5-9-13(6-11-10)3-4-15-9/h5,7,11H,3-4,6,10H2,1-2H3,(H,12,14)/b9-5-. The van der Waals surface area contributed by atoms with Crippen LogP contribution in [0.4, 0.5) is 0 Å². The summed E-state index contributed by atoms with van der Waals surface area (Å²) in [6, 6.07) is 0.168. The van der Waals surface area contributed by atoms with Crippen LogP contribution >= 0.6 is 11.8 Å².